The molecular weight excluding hydrogens is 582 g/mol. The lowest BCUT2D eigenvalue weighted by Gasteiger charge is -2.31. The molecule has 0 aliphatic heterocycles. The van der Waals surface area contributed by atoms with Crippen molar-refractivity contribution in [3.05, 3.63) is 65.4 Å². The predicted molar refractivity (Wildman–Crippen MR) is 156 cm³/mol. The molecule has 0 spiro atoms. The summed E-state index contributed by atoms with van der Waals surface area (Å²) in [4.78, 5) is 50.7. The highest BCUT2D eigenvalue weighted by Crippen LogP contribution is 2.30. The van der Waals surface area contributed by atoms with E-state index in [0.717, 1.165) is 12.3 Å². The Hall–Kier alpha value is -4.96. The molecular formula is C27H31N7O8S. The van der Waals surface area contributed by atoms with Crippen LogP contribution in [0.2, 0.25) is 0 Å². The summed E-state index contributed by atoms with van der Waals surface area (Å²) in [6.45, 7) is 5.02. The SMILES string of the molecule is COc1ccc(-c2ccc(C(=O)N[C@H](COS(C)(=O)=O)C(C)(C)C)cc2C(=O)O)c(C(=O)Nc2cnc(C(=N)N)nc2)n1. The minimum absolute atomic E-state index is 0.0232. The second-order valence-corrected chi connectivity index (χ2v) is 12.0. The van der Waals surface area contributed by atoms with Gasteiger partial charge in [0.25, 0.3) is 21.9 Å². The number of amides is 2. The van der Waals surface area contributed by atoms with Gasteiger partial charge in [-0.3, -0.25) is 19.2 Å². The topological polar surface area (TPSA) is 237 Å². The second kappa shape index (κ2) is 12.9. The van der Waals surface area contributed by atoms with Crippen LogP contribution in [-0.2, 0) is 14.3 Å². The number of carboxylic acids is 1. The maximum atomic E-state index is 13.3. The van der Waals surface area contributed by atoms with Gasteiger partial charge in [0.15, 0.2) is 11.7 Å². The van der Waals surface area contributed by atoms with Gasteiger partial charge in [0, 0.05) is 17.2 Å². The molecule has 16 heteroatoms. The van der Waals surface area contributed by atoms with Crippen LogP contribution in [0.3, 0.4) is 0 Å². The molecule has 43 heavy (non-hydrogen) atoms. The van der Waals surface area contributed by atoms with Crippen molar-refractivity contribution in [3.63, 3.8) is 0 Å². The second-order valence-electron chi connectivity index (χ2n) is 10.4. The number of hydrogen-bond donors (Lipinski definition) is 5. The van der Waals surface area contributed by atoms with E-state index in [9.17, 15) is 27.9 Å². The number of carbonyl (C=O) groups is 3. The van der Waals surface area contributed by atoms with Crippen molar-refractivity contribution in [2.45, 2.75) is 26.8 Å². The summed E-state index contributed by atoms with van der Waals surface area (Å²) in [6.07, 6.45) is 3.37. The van der Waals surface area contributed by atoms with Crippen molar-refractivity contribution in [2.75, 3.05) is 25.3 Å². The van der Waals surface area contributed by atoms with Crippen molar-refractivity contribution in [1.82, 2.24) is 20.3 Å². The fourth-order valence-corrected chi connectivity index (χ4v) is 4.09. The number of benzene rings is 1. The molecule has 0 radical (unpaired) electrons. The zero-order chi connectivity index (χ0) is 32.1. The third-order valence-electron chi connectivity index (χ3n) is 6.05. The number of nitrogens with one attached hydrogen (secondary N) is 3. The molecule has 0 aliphatic rings. The van der Waals surface area contributed by atoms with E-state index < -0.39 is 39.4 Å². The molecule has 0 bridgehead atoms. The average molecular weight is 614 g/mol. The highest BCUT2D eigenvalue weighted by atomic mass is 32.2. The van der Waals surface area contributed by atoms with Crippen LogP contribution >= 0.6 is 0 Å². The Morgan fingerprint density at radius 2 is 1.70 bits per heavy atom. The first-order valence-corrected chi connectivity index (χ1v) is 14.4. The Morgan fingerprint density at radius 3 is 2.23 bits per heavy atom. The number of anilines is 1. The Kier molecular flexibility index (Phi) is 9.78. The molecule has 6 N–H and O–H groups in total. The minimum atomic E-state index is -3.77. The number of nitrogen functional groups attached to an aromatic ring is 1. The molecule has 228 valence electrons. The van der Waals surface area contributed by atoms with Gasteiger partial charge in [-0.15, -0.1) is 0 Å². The zero-order valence-corrected chi connectivity index (χ0v) is 24.8. The number of rotatable bonds is 11. The highest BCUT2D eigenvalue weighted by Gasteiger charge is 2.29. The van der Waals surface area contributed by atoms with E-state index in [1.807, 2.05) is 0 Å². The van der Waals surface area contributed by atoms with Crippen LogP contribution in [-0.4, -0.2) is 78.1 Å². The van der Waals surface area contributed by atoms with Gasteiger partial charge in [-0.1, -0.05) is 26.8 Å². The normalized spacial score (nSPS) is 12.2. The first-order valence-electron chi connectivity index (χ1n) is 12.6. The molecule has 15 nitrogen and oxygen atoms in total. The lowest BCUT2D eigenvalue weighted by atomic mass is 9.87. The van der Waals surface area contributed by atoms with Gasteiger partial charge in [-0.05, 0) is 29.2 Å². The first-order chi connectivity index (χ1) is 20.0. The number of hydrogen-bond acceptors (Lipinski definition) is 11. The number of pyridine rings is 1. The van der Waals surface area contributed by atoms with E-state index in [4.69, 9.17) is 20.1 Å². The summed E-state index contributed by atoms with van der Waals surface area (Å²) in [7, 11) is -2.43. The predicted octanol–water partition coefficient (Wildman–Crippen LogP) is 1.90. The summed E-state index contributed by atoms with van der Waals surface area (Å²) < 4.78 is 33.1. The van der Waals surface area contributed by atoms with E-state index in [1.54, 1.807) is 20.8 Å². The number of amidine groups is 1. The Balaban J connectivity index is 1.99. The van der Waals surface area contributed by atoms with Crippen molar-refractivity contribution in [1.29, 1.82) is 5.41 Å². The zero-order valence-electron chi connectivity index (χ0n) is 24.0. The minimum Gasteiger partial charge on any atom is -0.481 e. The third kappa shape index (κ3) is 8.52. The van der Waals surface area contributed by atoms with E-state index >= 15 is 0 Å². The summed E-state index contributed by atoms with van der Waals surface area (Å²) >= 11 is 0. The van der Waals surface area contributed by atoms with E-state index in [0.29, 0.717) is 0 Å². The molecule has 0 unspecified atom stereocenters. The molecule has 0 aliphatic carbocycles. The Bertz CT molecular complexity index is 1670. The van der Waals surface area contributed by atoms with Gasteiger partial charge in [0.05, 0.1) is 49.7 Å². The third-order valence-corrected chi connectivity index (χ3v) is 6.61. The number of nitrogens with two attached hydrogens (primary N) is 1. The van der Waals surface area contributed by atoms with Gasteiger partial charge < -0.3 is 26.2 Å². The standard InChI is InChI=1S/C27H31N7O8S/c1-27(2,3)19(13-42-43(5,39)40)33-24(35)14-6-7-16(18(10-14)26(37)38)17-8-9-20(41-4)34-21(17)25(36)32-15-11-30-23(22(28)29)31-12-15/h6-12,19H,13H2,1-5H3,(H3,28,29)(H,32,36)(H,33,35)(H,37,38)/t19-/m1/s1. The number of ether oxygens (including phenoxy) is 1. The average Bonchev–Trinajstić information content (AvgIpc) is 2.93. The van der Waals surface area contributed by atoms with Crippen LogP contribution in [0, 0.1) is 10.8 Å². The smallest absolute Gasteiger partial charge is 0.336 e. The van der Waals surface area contributed by atoms with Gasteiger partial charge in [0.1, 0.15) is 5.69 Å². The molecule has 1 atom stereocenters. The van der Waals surface area contributed by atoms with Gasteiger partial charge in [-0.2, -0.15) is 8.42 Å². The number of methoxy groups -OCH3 is 1. The van der Waals surface area contributed by atoms with Crippen LogP contribution in [0.4, 0.5) is 5.69 Å². The lowest BCUT2D eigenvalue weighted by Crippen LogP contribution is -2.47. The van der Waals surface area contributed by atoms with E-state index in [-0.39, 0.29) is 57.8 Å². The molecule has 3 rings (SSSR count). The summed E-state index contributed by atoms with van der Waals surface area (Å²) in [6, 6.07) is 6.04. The molecule has 1 aromatic carbocycles. The van der Waals surface area contributed by atoms with Crippen molar-refractivity contribution in [3.8, 4) is 17.0 Å². The van der Waals surface area contributed by atoms with Crippen LogP contribution in [0.15, 0.2) is 42.7 Å². The van der Waals surface area contributed by atoms with Gasteiger partial charge in [0.2, 0.25) is 5.88 Å². The van der Waals surface area contributed by atoms with E-state index in [2.05, 4.69) is 25.6 Å². The molecule has 3 aromatic rings. The van der Waals surface area contributed by atoms with Gasteiger partial charge in [-0.25, -0.2) is 19.7 Å². The van der Waals surface area contributed by atoms with Crippen LogP contribution < -0.4 is 21.1 Å². The van der Waals surface area contributed by atoms with Crippen LogP contribution in [0.25, 0.3) is 11.1 Å². The number of aromatic nitrogens is 3. The van der Waals surface area contributed by atoms with Crippen LogP contribution in [0.5, 0.6) is 5.88 Å². The maximum Gasteiger partial charge on any atom is 0.336 e. The number of aromatic carboxylic acids is 1. The van der Waals surface area contributed by atoms with Crippen molar-refractivity contribution in [2.24, 2.45) is 11.1 Å². The molecule has 0 fully saturated rings. The maximum absolute atomic E-state index is 13.3. The molecule has 2 amide bonds. The quantitative estimate of drug-likeness (QED) is 0.118. The molecule has 0 saturated heterocycles. The molecule has 2 heterocycles. The lowest BCUT2D eigenvalue weighted by molar-refractivity contribution is 0.0697. The number of nitrogens with zero attached hydrogens (tertiary/aromatic N) is 3. The van der Waals surface area contributed by atoms with Crippen molar-refractivity contribution >= 4 is 39.4 Å². The summed E-state index contributed by atoms with van der Waals surface area (Å²) in [5.74, 6) is -3.10. The Morgan fingerprint density at radius 1 is 1.07 bits per heavy atom. The van der Waals surface area contributed by atoms with E-state index in [1.165, 1.54) is 43.8 Å². The van der Waals surface area contributed by atoms with Gasteiger partial charge >= 0.3 is 5.97 Å². The fraction of sp³-hybridized carbons (Fsp3) is 0.296. The summed E-state index contributed by atoms with van der Waals surface area (Å²) in [5, 5.41) is 22.7. The largest absolute Gasteiger partial charge is 0.481 e. The number of carboxylic acid groups (broad SMARTS) is 1. The first kappa shape index (κ1) is 32.6. The fourth-order valence-electron chi connectivity index (χ4n) is 3.71. The monoisotopic (exact) mass is 613 g/mol. The number of carbonyl (C=O) groups excluding carboxylic acids is 2. The molecule has 2 aromatic heterocycles. The Labute approximate surface area is 247 Å². The van der Waals surface area contributed by atoms with Crippen molar-refractivity contribution < 1.29 is 36.8 Å². The molecule has 0 saturated carbocycles. The highest BCUT2D eigenvalue weighted by molar-refractivity contribution is 7.85. The van der Waals surface area contributed by atoms with Crippen LogP contribution in [0.1, 0.15) is 57.8 Å². The summed E-state index contributed by atoms with van der Waals surface area (Å²) in [5.41, 5.74) is 4.59.